The van der Waals surface area contributed by atoms with E-state index >= 15 is 0 Å². The van der Waals surface area contributed by atoms with Crippen molar-refractivity contribution in [3.05, 3.63) is 22.7 Å². The highest BCUT2D eigenvalue weighted by Gasteiger charge is 2.39. The lowest BCUT2D eigenvalue weighted by Crippen LogP contribution is -2.42. The van der Waals surface area contributed by atoms with Crippen molar-refractivity contribution in [2.24, 2.45) is 0 Å². The van der Waals surface area contributed by atoms with Gasteiger partial charge in [-0.3, -0.25) is 4.90 Å². The van der Waals surface area contributed by atoms with Crippen LogP contribution < -0.4 is 5.32 Å². The molecule has 4 rings (SSSR count). The first kappa shape index (κ1) is 26.1. The molecule has 0 radical (unpaired) electrons. The Morgan fingerprint density at radius 2 is 1.94 bits per heavy atom. The van der Waals surface area contributed by atoms with Gasteiger partial charge in [0.1, 0.15) is 10.7 Å². The number of nitrogens with one attached hydrogen (secondary N) is 1. The Morgan fingerprint density at radius 3 is 2.57 bits per heavy atom. The van der Waals surface area contributed by atoms with Crippen molar-refractivity contribution in [2.75, 3.05) is 44.4 Å². The zero-order valence-electron chi connectivity index (χ0n) is 19.2. The van der Waals surface area contributed by atoms with Gasteiger partial charge in [0.15, 0.2) is 11.5 Å². The van der Waals surface area contributed by atoms with Gasteiger partial charge in [-0.25, -0.2) is 32.1 Å². The van der Waals surface area contributed by atoms with Crippen LogP contribution in [0.25, 0.3) is 10.6 Å². The van der Waals surface area contributed by atoms with Crippen LogP contribution in [-0.4, -0.2) is 83.8 Å². The fourth-order valence-electron chi connectivity index (χ4n) is 4.07. The average molecular weight is 539 g/mol. The maximum atomic E-state index is 14.7. The molecule has 9 nitrogen and oxygen atoms in total. The number of anilines is 1. The number of hydrogen-bond acceptors (Lipinski definition) is 9. The number of alkyl halides is 3. The van der Waals surface area contributed by atoms with Crippen molar-refractivity contribution in [1.29, 1.82) is 0 Å². The van der Waals surface area contributed by atoms with Crippen LogP contribution in [-0.2, 0) is 27.5 Å². The van der Waals surface area contributed by atoms with Gasteiger partial charge in [0.2, 0.25) is 16.0 Å². The third kappa shape index (κ3) is 6.25. The molecule has 0 amide bonds. The number of thiazole rings is 1. The molecule has 194 valence electrons. The second-order valence-corrected chi connectivity index (χ2v) is 11.7. The lowest BCUT2D eigenvalue weighted by Gasteiger charge is -2.32. The number of ether oxygens (including phenoxy) is 1. The summed E-state index contributed by atoms with van der Waals surface area (Å²) in [7, 11) is -3.30. The molecule has 0 saturated carbocycles. The van der Waals surface area contributed by atoms with Crippen molar-refractivity contribution < 1.29 is 30.7 Å². The third-order valence-electron chi connectivity index (χ3n) is 6.00. The lowest BCUT2D eigenvalue weighted by atomic mass is 10.1. The predicted molar refractivity (Wildman–Crippen MR) is 122 cm³/mol. The standard InChI is InChI=1S/C20H26F4N6O3S2/c1-12-11-33-8-7-29(12)10-15-27-18(20(22,23)24)17(34-15)16-14(21)9-25-19(28-16)26-13-3-5-30(6-4-13)35(2,31)32/h9,12-13H,3-8,10-11H2,1-2H3,(H,25,26,28)/t12-/m0/s1. The van der Waals surface area contributed by atoms with Crippen molar-refractivity contribution in [1.82, 2.24) is 24.2 Å². The topological polar surface area (TPSA) is 101 Å². The Bertz CT molecular complexity index is 1150. The normalized spacial score (nSPS) is 21.4. The second-order valence-electron chi connectivity index (χ2n) is 8.65. The first-order valence-electron chi connectivity index (χ1n) is 11.0. The highest BCUT2D eigenvalue weighted by molar-refractivity contribution is 7.88. The van der Waals surface area contributed by atoms with Gasteiger partial charge < -0.3 is 10.1 Å². The summed E-state index contributed by atoms with van der Waals surface area (Å²) < 4.78 is 86.2. The van der Waals surface area contributed by atoms with E-state index in [-0.39, 0.29) is 29.6 Å². The van der Waals surface area contributed by atoms with Crippen molar-refractivity contribution in [3.8, 4) is 10.6 Å². The van der Waals surface area contributed by atoms with E-state index < -0.39 is 38.3 Å². The molecule has 0 spiro atoms. The van der Waals surface area contributed by atoms with Crippen molar-refractivity contribution in [3.63, 3.8) is 0 Å². The minimum Gasteiger partial charge on any atom is -0.379 e. The van der Waals surface area contributed by atoms with E-state index in [9.17, 15) is 26.0 Å². The number of hydrogen-bond donors (Lipinski definition) is 1. The number of piperidine rings is 1. The molecule has 1 atom stereocenters. The van der Waals surface area contributed by atoms with E-state index in [4.69, 9.17) is 4.74 Å². The Balaban J connectivity index is 1.57. The average Bonchev–Trinajstić information content (AvgIpc) is 3.21. The fourth-order valence-corrected chi connectivity index (χ4v) is 6.04. The number of sulfonamides is 1. The molecule has 2 aliphatic heterocycles. The Kier molecular flexibility index (Phi) is 7.62. The summed E-state index contributed by atoms with van der Waals surface area (Å²) in [5, 5.41) is 3.21. The Morgan fingerprint density at radius 1 is 1.23 bits per heavy atom. The molecule has 2 aromatic rings. The predicted octanol–water partition coefficient (Wildman–Crippen LogP) is 2.81. The van der Waals surface area contributed by atoms with Crippen LogP contribution in [0.3, 0.4) is 0 Å². The smallest absolute Gasteiger partial charge is 0.379 e. The van der Waals surface area contributed by atoms with E-state index in [1.54, 1.807) is 0 Å². The fraction of sp³-hybridized carbons (Fsp3) is 0.650. The van der Waals surface area contributed by atoms with Gasteiger partial charge in [-0.15, -0.1) is 11.3 Å². The van der Waals surface area contributed by atoms with Gasteiger partial charge in [-0.1, -0.05) is 0 Å². The number of rotatable bonds is 6. The van der Waals surface area contributed by atoms with Crippen molar-refractivity contribution >= 4 is 27.3 Å². The Hall–Kier alpha value is -1.94. The molecule has 1 N–H and O–H groups in total. The number of nitrogens with zero attached hydrogens (tertiary/aromatic N) is 5. The van der Waals surface area contributed by atoms with Gasteiger partial charge in [0.05, 0.1) is 37.1 Å². The molecule has 2 saturated heterocycles. The number of morpholine rings is 1. The Labute approximate surface area is 204 Å². The number of aromatic nitrogens is 3. The van der Waals surface area contributed by atoms with E-state index in [1.165, 1.54) is 4.31 Å². The molecule has 2 aromatic heterocycles. The lowest BCUT2D eigenvalue weighted by molar-refractivity contribution is -0.140. The summed E-state index contributed by atoms with van der Waals surface area (Å²) in [6, 6.07) is -0.181. The summed E-state index contributed by atoms with van der Waals surface area (Å²) in [6.07, 6.45) is -1.90. The molecule has 0 aliphatic carbocycles. The van der Waals surface area contributed by atoms with Crippen molar-refractivity contribution in [2.45, 2.75) is 44.6 Å². The largest absolute Gasteiger partial charge is 0.434 e. The molecule has 15 heteroatoms. The summed E-state index contributed by atoms with van der Waals surface area (Å²) in [5.41, 5.74) is -1.65. The summed E-state index contributed by atoms with van der Waals surface area (Å²) in [6.45, 7) is 4.21. The van der Waals surface area contributed by atoms with Crippen LogP contribution >= 0.6 is 11.3 Å². The first-order chi connectivity index (χ1) is 16.4. The molecule has 4 heterocycles. The highest BCUT2D eigenvalue weighted by Crippen LogP contribution is 2.41. The SMILES string of the molecule is C[C@H]1COCCN1Cc1nc(C(F)(F)F)c(-c2nc(NC3CCN(S(C)(=O)=O)CC3)ncc2F)s1. The summed E-state index contributed by atoms with van der Waals surface area (Å²) >= 11 is 0.762. The summed E-state index contributed by atoms with van der Waals surface area (Å²) in [4.78, 5) is 13.3. The highest BCUT2D eigenvalue weighted by atomic mass is 32.2. The maximum absolute atomic E-state index is 14.7. The van der Waals surface area contributed by atoms with Gasteiger partial charge in [0, 0.05) is 31.7 Å². The molecular weight excluding hydrogens is 512 g/mol. The van der Waals surface area contributed by atoms with Gasteiger partial charge >= 0.3 is 6.18 Å². The number of halogens is 4. The quantitative estimate of drug-likeness (QED) is 0.561. The van der Waals surface area contributed by atoms with Gasteiger partial charge in [-0.05, 0) is 19.8 Å². The van der Waals surface area contributed by atoms with E-state index in [0.29, 0.717) is 45.7 Å². The second kappa shape index (κ2) is 10.2. The molecule has 35 heavy (non-hydrogen) atoms. The van der Waals surface area contributed by atoms with Crippen LogP contribution in [0.5, 0.6) is 0 Å². The maximum Gasteiger partial charge on any atom is 0.434 e. The molecule has 2 fully saturated rings. The zero-order valence-corrected chi connectivity index (χ0v) is 20.8. The minimum absolute atomic E-state index is 0.0196. The molecule has 0 aromatic carbocycles. The third-order valence-corrected chi connectivity index (χ3v) is 8.35. The monoisotopic (exact) mass is 538 g/mol. The van der Waals surface area contributed by atoms with E-state index in [1.807, 2.05) is 11.8 Å². The van der Waals surface area contributed by atoms with Crippen LogP contribution in [0.2, 0.25) is 0 Å². The minimum atomic E-state index is -4.79. The van der Waals surface area contributed by atoms with Crippen LogP contribution in [0, 0.1) is 5.82 Å². The zero-order chi connectivity index (χ0) is 25.4. The van der Waals surface area contributed by atoms with E-state index in [2.05, 4.69) is 20.3 Å². The summed E-state index contributed by atoms with van der Waals surface area (Å²) in [5.74, 6) is -1.01. The van der Waals surface area contributed by atoms with Gasteiger partial charge in [-0.2, -0.15) is 13.2 Å². The van der Waals surface area contributed by atoms with Crippen LogP contribution in [0.1, 0.15) is 30.5 Å². The van der Waals surface area contributed by atoms with E-state index in [0.717, 1.165) is 23.8 Å². The van der Waals surface area contributed by atoms with Crippen LogP contribution in [0.15, 0.2) is 6.20 Å². The van der Waals surface area contributed by atoms with Gasteiger partial charge in [0.25, 0.3) is 0 Å². The first-order valence-corrected chi connectivity index (χ1v) is 13.7. The molecular formula is C20H26F4N6O3S2. The molecule has 0 unspecified atom stereocenters. The molecule has 2 aliphatic rings. The molecule has 0 bridgehead atoms. The van der Waals surface area contributed by atoms with Crippen LogP contribution in [0.4, 0.5) is 23.5 Å².